The third-order valence-corrected chi connectivity index (χ3v) is 2.26. The lowest BCUT2D eigenvalue weighted by Gasteiger charge is -2.18. The lowest BCUT2D eigenvalue weighted by Crippen LogP contribution is -2.22. The zero-order valence-corrected chi connectivity index (χ0v) is 10.6. The molecule has 0 radical (unpaired) electrons. The Labute approximate surface area is 105 Å². The van der Waals surface area contributed by atoms with Gasteiger partial charge >= 0.3 is 5.97 Å². The van der Waals surface area contributed by atoms with E-state index >= 15 is 0 Å². The fraction of sp³-hybridized carbons (Fsp3) is 0.455. The number of carboxylic acid groups (broad SMARTS) is 1. The zero-order chi connectivity index (χ0) is 13.7. The number of carbonyl (C=O) groups is 1. The number of aromatic carboxylic acids is 1. The summed E-state index contributed by atoms with van der Waals surface area (Å²) in [5.74, 6) is -1.02. The second-order valence-electron chi connectivity index (χ2n) is 4.04. The van der Waals surface area contributed by atoms with Crippen LogP contribution in [0.2, 0.25) is 0 Å². The predicted molar refractivity (Wildman–Crippen MR) is 64.7 cm³/mol. The fourth-order valence-corrected chi connectivity index (χ4v) is 1.25. The van der Waals surface area contributed by atoms with Crippen molar-refractivity contribution >= 4 is 5.97 Å². The number of allylic oxidation sites excluding steroid dienone is 1. The highest BCUT2D eigenvalue weighted by atomic mass is 19.1. The molecule has 0 aromatic carbocycles. The predicted octanol–water partition coefficient (Wildman–Crippen LogP) is 0.889. The standard InChI is InChI=1S/C11H17FN4O2/c1-8(12)13-5-10(15(2)3)7-16-6-9(4-14-16)11(17)18/h4-6,8,13H,7H2,1-3H3,(H,17,18)/b10-5-. The smallest absolute Gasteiger partial charge is 0.338 e. The maximum Gasteiger partial charge on any atom is 0.338 e. The van der Waals surface area contributed by atoms with E-state index < -0.39 is 12.3 Å². The summed E-state index contributed by atoms with van der Waals surface area (Å²) >= 11 is 0. The van der Waals surface area contributed by atoms with Gasteiger partial charge in [0.05, 0.1) is 24.0 Å². The third kappa shape index (κ3) is 4.08. The first-order chi connectivity index (χ1) is 8.40. The monoisotopic (exact) mass is 256 g/mol. The number of carboxylic acids is 1. The van der Waals surface area contributed by atoms with Crippen molar-refractivity contribution in [1.29, 1.82) is 0 Å². The molecule has 2 N–H and O–H groups in total. The summed E-state index contributed by atoms with van der Waals surface area (Å²) < 4.78 is 14.2. The Bertz CT molecular complexity index is 440. The minimum absolute atomic E-state index is 0.125. The van der Waals surface area contributed by atoms with Crippen LogP contribution in [0.15, 0.2) is 24.3 Å². The highest BCUT2D eigenvalue weighted by molar-refractivity contribution is 5.86. The number of nitrogens with zero attached hydrogens (tertiary/aromatic N) is 3. The molecule has 100 valence electrons. The van der Waals surface area contributed by atoms with Gasteiger partial charge in [0, 0.05) is 26.5 Å². The highest BCUT2D eigenvalue weighted by Gasteiger charge is 2.08. The molecule has 18 heavy (non-hydrogen) atoms. The third-order valence-electron chi connectivity index (χ3n) is 2.26. The van der Waals surface area contributed by atoms with E-state index in [1.807, 2.05) is 14.1 Å². The first kappa shape index (κ1) is 14.0. The van der Waals surface area contributed by atoms with Gasteiger partial charge in [-0.2, -0.15) is 5.10 Å². The summed E-state index contributed by atoms with van der Waals surface area (Å²) in [6, 6.07) is 0. The largest absolute Gasteiger partial charge is 0.478 e. The van der Waals surface area contributed by atoms with Crippen LogP contribution in [0.25, 0.3) is 0 Å². The molecule has 0 saturated heterocycles. The van der Waals surface area contributed by atoms with E-state index in [1.54, 1.807) is 11.1 Å². The molecule has 0 aliphatic heterocycles. The number of aromatic nitrogens is 2. The molecule has 1 aromatic rings. The molecular weight excluding hydrogens is 239 g/mol. The Morgan fingerprint density at radius 3 is 2.83 bits per heavy atom. The molecule has 7 heteroatoms. The molecule has 1 unspecified atom stereocenters. The number of likely N-dealkylation sites (N-methyl/N-ethyl adjacent to an activating group) is 1. The molecule has 1 aromatic heterocycles. The normalized spacial score (nSPS) is 13.2. The molecule has 0 aliphatic rings. The van der Waals surface area contributed by atoms with Gasteiger partial charge < -0.3 is 15.3 Å². The summed E-state index contributed by atoms with van der Waals surface area (Å²) in [6.45, 7) is 1.75. The van der Waals surface area contributed by atoms with Crippen molar-refractivity contribution < 1.29 is 14.3 Å². The van der Waals surface area contributed by atoms with Gasteiger partial charge in [-0.25, -0.2) is 9.18 Å². The van der Waals surface area contributed by atoms with Crippen LogP contribution in [0.1, 0.15) is 17.3 Å². The number of nitrogens with one attached hydrogen (secondary N) is 1. The van der Waals surface area contributed by atoms with Gasteiger partial charge in [0.1, 0.15) is 0 Å². The van der Waals surface area contributed by atoms with Crippen molar-refractivity contribution in [2.75, 3.05) is 14.1 Å². The molecule has 6 nitrogen and oxygen atoms in total. The van der Waals surface area contributed by atoms with Crippen LogP contribution < -0.4 is 5.32 Å². The van der Waals surface area contributed by atoms with Crippen molar-refractivity contribution in [3.05, 3.63) is 29.9 Å². The molecule has 1 atom stereocenters. The molecule has 0 saturated carbocycles. The van der Waals surface area contributed by atoms with Crippen molar-refractivity contribution in [2.45, 2.75) is 19.8 Å². The van der Waals surface area contributed by atoms with Gasteiger partial charge in [0.25, 0.3) is 0 Å². The molecule has 0 fully saturated rings. The van der Waals surface area contributed by atoms with Gasteiger partial charge in [0.15, 0.2) is 6.30 Å². The van der Waals surface area contributed by atoms with Crippen LogP contribution in [-0.4, -0.2) is 46.1 Å². The summed E-state index contributed by atoms with van der Waals surface area (Å²) in [6.07, 6.45) is 3.11. The Balaban J connectivity index is 2.76. The topological polar surface area (TPSA) is 70.4 Å². The molecular formula is C11H17FN4O2. The van der Waals surface area contributed by atoms with Crippen LogP contribution in [-0.2, 0) is 6.54 Å². The van der Waals surface area contributed by atoms with Crippen molar-refractivity contribution in [2.24, 2.45) is 0 Å². The average molecular weight is 256 g/mol. The van der Waals surface area contributed by atoms with Crippen molar-refractivity contribution in [3.8, 4) is 0 Å². The van der Waals surface area contributed by atoms with E-state index in [9.17, 15) is 9.18 Å². The number of halogens is 1. The van der Waals surface area contributed by atoms with E-state index in [1.165, 1.54) is 24.0 Å². The van der Waals surface area contributed by atoms with Crippen molar-refractivity contribution in [3.63, 3.8) is 0 Å². The van der Waals surface area contributed by atoms with Gasteiger partial charge in [-0.05, 0) is 6.92 Å². The molecule has 0 bridgehead atoms. The van der Waals surface area contributed by atoms with Gasteiger partial charge in [-0.1, -0.05) is 0 Å². The van der Waals surface area contributed by atoms with Crippen LogP contribution >= 0.6 is 0 Å². The number of hydrogen-bond donors (Lipinski definition) is 2. The minimum Gasteiger partial charge on any atom is -0.478 e. The molecule has 1 rings (SSSR count). The van der Waals surface area contributed by atoms with E-state index in [0.717, 1.165) is 5.70 Å². The van der Waals surface area contributed by atoms with Crippen LogP contribution in [0, 0.1) is 0 Å². The van der Waals surface area contributed by atoms with Gasteiger partial charge in [-0.15, -0.1) is 0 Å². The maximum atomic E-state index is 12.7. The number of rotatable bonds is 6. The van der Waals surface area contributed by atoms with E-state index in [-0.39, 0.29) is 5.56 Å². The maximum absolute atomic E-state index is 12.7. The fourth-order valence-electron chi connectivity index (χ4n) is 1.25. The molecule has 0 aliphatic carbocycles. The lowest BCUT2D eigenvalue weighted by atomic mass is 10.4. The Morgan fingerprint density at radius 2 is 2.39 bits per heavy atom. The van der Waals surface area contributed by atoms with Gasteiger partial charge in [0.2, 0.25) is 0 Å². The SMILES string of the molecule is CC(F)N/C=C(/Cn1cc(C(=O)O)cn1)N(C)C. The number of alkyl halides is 1. The molecule has 0 amide bonds. The minimum atomic E-state index is -1.15. The van der Waals surface area contributed by atoms with Crippen molar-refractivity contribution in [1.82, 2.24) is 20.0 Å². The Morgan fingerprint density at radius 1 is 1.72 bits per heavy atom. The Hall–Kier alpha value is -2.05. The summed E-state index contributed by atoms with van der Waals surface area (Å²) in [4.78, 5) is 12.5. The Kier molecular flexibility index (Phi) is 4.70. The first-order valence-electron chi connectivity index (χ1n) is 5.42. The zero-order valence-electron chi connectivity index (χ0n) is 10.6. The van der Waals surface area contributed by atoms with Crippen LogP contribution in [0.3, 0.4) is 0 Å². The summed E-state index contributed by atoms with van der Waals surface area (Å²) in [7, 11) is 3.63. The van der Waals surface area contributed by atoms with E-state index in [2.05, 4.69) is 10.4 Å². The average Bonchev–Trinajstić information content (AvgIpc) is 2.71. The molecule has 0 spiro atoms. The quantitative estimate of drug-likeness (QED) is 0.740. The van der Waals surface area contributed by atoms with E-state index in [4.69, 9.17) is 5.11 Å². The van der Waals surface area contributed by atoms with Crippen LogP contribution in [0.4, 0.5) is 4.39 Å². The summed E-state index contributed by atoms with van der Waals surface area (Å²) in [5.41, 5.74) is 0.902. The molecule has 1 heterocycles. The van der Waals surface area contributed by atoms with E-state index in [0.29, 0.717) is 6.54 Å². The second kappa shape index (κ2) is 6.04. The number of hydrogen-bond acceptors (Lipinski definition) is 4. The second-order valence-corrected chi connectivity index (χ2v) is 4.04. The highest BCUT2D eigenvalue weighted by Crippen LogP contribution is 2.04. The van der Waals surface area contributed by atoms with Crippen LogP contribution in [0.5, 0.6) is 0 Å². The van der Waals surface area contributed by atoms with Gasteiger partial charge in [-0.3, -0.25) is 4.68 Å². The first-order valence-corrected chi connectivity index (χ1v) is 5.42. The lowest BCUT2D eigenvalue weighted by molar-refractivity contribution is 0.0696. The summed E-state index contributed by atoms with van der Waals surface area (Å²) in [5, 5.41) is 15.3.